The molecule has 1 fully saturated rings. The Labute approximate surface area is 323 Å². The van der Waals surface area contributed by atoms with Crippen LogP contribution >= 0.6 is 11.6 Å². The zero-order chi connectivity index (χ0) is 39.1. The Morgan fingerprint density at radius 3 is 2.31 bits per heavy atom. The lowest BCUT2D eigenvalue weighted by Crippen LogP contribution is -2.42. The van der Waals surface area contributed by atoms with Gasteiger partial charge in [0.2, 0.25) is 21.7 Å². The summed E-state index contributed by atoms with van der Waals surface area (Å²) in [5, 5.41) is 0.589. The van der Waals surface area contributed by atoms with Gasteiger partial charge in [-0.2, -0.15) is 0 Å². The number of carbonyl (C=O) groups excluding carboxylic acids is 3. The van der Waals surface area contributed by atoms with Crippen molar-refractivity contribution in [2.45, 2.75) is 56.3 Å². The Bertz CT molecular complexity index is 2260. The van der Waals surface area contributed by atoms with E-state index in [1.807, 2.05) is 12.1 Å². The van der Waals surface area contributed by atoms with Crippen molar-refractivity contribution < 1.29 is 32.0 Å². The molecule has 5 aromatic rings. The van der Waals surface area contributed by atoms with Gasteiger partial charge in [0.25, 0.3) is 5.89 Å². The third-order valence-corrected chi connectivity index (χ3v) is 11.1. The Kier molecular flexibility index (Phi) is 12.4. The summed E-state index contributed by atoms with van der Waals surface area (Å²) < 4.78 is 39.4. The number of nitrogens with two attached hydrogens (primary N) is 2. The number of likely N-dealkylation sites (tertiary alicyclic amines) is 1. The largest absolute Gasteiger partial charge is 0.434 e. The lowest BCUT2D eigenvalue weighted by Gasteiger charge is -2.25. The molecule has 5 N–H and O–H groups in total. The van der Waals surface area contributed by atoms with Crippen molar-refractivity contribution in [2.24, 2.45) is 22.4 Å². The van der Waals surface area contributed by atoms with Crippen molar-refractivity contribution >= 4 is 61.8 Å². The predicted octanol–water partition coefficient (Wildman–Crippen LogP) is 5.11. The first-order valence-electron chi connectivity index (χ1n) is 17.7. The molecule has 2 heterocycles. The van der Waals surface area contributed by atoms with Crippen LogP contribution in [0.5, 0.6) is 0 Å². The molecule has 0 radical (unpaired) electrons. The van der Waals surface area contributed by atoms with E-state index in [-0.39, 0.29) is 73.8 Å². The number of nitrogens with one attached hydrogen (secondary N) is 1. The third kappa shape index (κ3) is 10.0. The number of rotatable bonds is 16. The summed E-state index contributed by atoms with van der Waals surface area (Å²) in [6, 6.07) is 26.3. The fraction of sp³-hybridized carbons (Fsp3) is 0.275. The van der Waals surface area contributed by atoms with Gasteiger partial charge in [0, 0.05) is 36.9 Å². The Morgan fingerprint density at radius 2 is 1.64 bits per heavy atom. The summed E-state index contributed by atoms with van der Waals surface area (Å²) >= 11 is 6.05. The maximum absolute atomic E-state index is 14.4. The van der Waals surface area contributed by atoms with E-state index in [4.69, 9.17) is 32.2 Å². The number of ketones is 2. The van der Waals surface area contributed by atoms with Gasteiger partial charge >= 0.3 is 0 Å². The first kappa shape index (κ1) is 39.3. The smallest absolute Gasteiger partial charge is 0.264 e. The van der Waals surface area contributed by atoms with Crippen LogP contribution in [0.15, 0.2) is 111 Å². The molecule has 0 spiro atoms. The minimum absolute atomic E-state index is 0.0796. The van der Waals surface area contributed by atoms with Crippen LogP contribution in [0.2, 0.25) is 5.02 Å². The molecule has 1 amide bonds. The highest BCUT2D eigenvalue weighted by molar-refractivity contribution is 7.89. The number of hydrogen-bond donors (Lipinski definition) is 3. The molecular formula is C40H41ClN6O7S. The number of aliphatic imine (C=N–C) groups is 1. The quantitative estimate of drug-likeness (QED) is 0.0686. The number of benzene rings is 4. The fourth-order valence-corrected chi connectivity index (χ4v) is 7.73. The average Bonchev–Trinajstić information content (AvgIpc) is 3.80. The van der Waals surface area contributed by atoms with Crippen LogP contribution in [0.25, 0.3) is 11.1 Å². The van der Waals surface area contributed by atoms with Crippen LogP contribution in [-0.4, -0.2) is 67.0 Å². The maximum Gasteiger partial charge on any atom is 0.264 e. The molecule has 1 aromatic heterocycles. The number of para-hydroxylation sites is 2. The number of carbonyl (C=O) groups is 3. The monoisotopic (exact) mass is 784 g/mol. The molecule has 6 rings (SSSR count). The van der Waals surface area contributed by atoms with Gasteiger partial charge in [0.1, 0.15) is 5.52 Å². The third-order valence-electron chi connectivity index (χ3n) is 9.28. The Balaban J connectivity index is 1.25. The Morgan fingerprint density at radius 1 is 0.964 bits per heavy atom. The summed E-state index contributed by atoms with van der Waals surface area (Å²) in [5.74, 6) is -2.19. The first-order chi connectivity index (χ1) is 26.4. The van der Waals surface area contributed by atoms with Crippen LogP contribution in [-0.2, 0) is 43.8 Å². The van der Waals surface area contributed by atoms with E-state index >= 15 is 0 Å². The SMILES string of the molecule is CCNS(=O)(=O)c1ccc(CC(=O)N2C[C@H](OCc3ccc(Cl)cc3)C[C@H]2C(=O)C[C@@H](Cc2ccc(N=C(N)N)cc2)C(=O)c2nc3ccccc3o2)cc1. The topological polar surface area (TPSA) is 200 Å². The van der Waals surface area contributed by atoms with Crippen LogP contribution in [0, 0.1) is 5.92 Å². The van der Waals surface area contributed by atoms with E-state index in [0.717, 1.165) is 11.1 Å². The maximum atomic E-state index is 14.4. The summed E-state index contributed by atoms with van der Waals surface area (Å²) in [7, 11) is -3.67. The van der Waals surface area contributed by atoms with Gasteiger partial charge < -0.3 is 25.5 Å². The number of amides is 1. The minimum Gasteiger partial charge on any atom is -0.434 e. The highest BCUT2D eigenvalue weighted by atomic mass is 35.5. The minimum atomic E-state index is -3.67. The standard InChI is InChI=1S/C40H41ClN6O7S/c1-2-44-55(51,52)32-17-11-26(12-18-32)20-37(49)47-23-31(53-24-27-7-13-29(41)14-8-27)22-34(47)35(48)21-28(19-25-9-15-30(16-10-25)45-40(42)43)38(50)39-46-33-5-3-4-6-36(33)54-39/h3-18,28,31,34,44H,2,19-24H2,1H3,(H4,42,43,45)/t28-,31-,34+/m1/s1. The van der Waals surface area contributed by atoms with Crippen molar-refractivity contribution in [3.8, 4) is 0 Å². The normalized spacial score (nSPS) is 16.2. The van der Waals surface area contributed by atoms with Crippen molar-refractivity contribution in [2.75, 3.05) is 13.1 Å². The van der Waals surface area contributed by atoms with Crippen molar-refractivity contribution in [1.82, 2.24) is 14.6 Å². The molecule has 3 atom stereocenters. The summed E-state index contributed by atoms with van der Waals surface area (Å²) in [6.45, 7) is 2.31. The molecule has 1 aliphatic rings. The molecule has 286 valence electrons. The second-order valence-corrected chi connectivity index (χ2v) is 15.5. The van der Waals surface area contributed by atoms with E-state index in [9.17, 15) is 22.8 Å². The van der Waals surface area contributed by atoms with Crippen molar-refractivity contribution in [3.05, 3.63) is 125 Å². The zero-order valence-corrected chi connectivity index (χ0v) is 31.6. The number of fused-ring (bicyclic) bond motifs is 1. The molecular weight excluding hydrogens is 744 g/mol. The molecule has 0 unspecified atom stereocenters. The predicted molar refractivity (Wildman–Crippen MR) is 208 cm³/mol. The molecule has 15 heteroatoms. The van der Waals surface area contributed by atoms with Gasteiger partial charge in [0.05, 0.1) is 35.8 Å². The summed E-state index contributed by atoms with van der Waals surface area (Å²) in [6.07, 6.45) is -0.374. The van der Waals surface area contributed by atoms with Crippen LogP contribution in [0.1, 0.15) is 47.1 Å². The van der Waals surface area contributed by atoms with Gasteiger partial charge in [-0.25, -0.2) is 23.1 Å². The second-order valence-electron chi connectivity index (χ2n) is 13.3. The van der Waals surface area contributed by atoms with E-state index in [2.05, 4.69) is 14.7 Å². The number of aromatic nitrogens is 1. The fourth-order valence-electron chi connectivity index (χ4n) is 6.56. The van der Waals surface area contributed by atoms with Crippen molar-refractivity contribution in [3.63, 3.8) is 0 Å². The van der Waals surface area contributed by atoms with E-state index in [1.165, 1.54) is 17.0 Å². The van der Waals surface area contributed by atoms with Crippen LogP contribution in [0.3, 0.4) is 0 Å². The molecule has 55 heavy (non-hydrogen) atoms. The average molecular weight is 785 g/mol. The highest BCUT2D eigenvalue weighted by Gasteiger charge is 2.41. The molecule has 4 aromatic carbocycles. The number of ether oxygens (including phenoxy) is 1. The lowest BCUT2D eigenvalue weighted by molar-refractivity contribution is -0.137. The van der Waals surface area contributed by atoms with E-state index in [0.29, 0.717) is 27.4 Å². The number of nitrogens with zero attached hydrogens (tertiary/aromatic N) is 3. The Hall–Kier alpha value is -5.41. The van der Waals surface area contributed by atoms with Gasteiger partial charge in [0.15, 0.2) is 17.3 Å². The van der Waals surface area contributed by atoms with E-state index < -0.39 is 33.9 Å². The number of halogens is 1. The van der Waals surface area contributed by atoms with Gasteiger partial charge in [-0.1, -0.05) is 67.1 Å². The molecule has 1 saturated heterocycles. The molecule has 0 aliphatic carbocycles. The summed E-state index contributed by atoms with van der Waals surface area (Å²) in [4.78, 5) is 52.5. The summed E-state index contributed by atoms with van der Waals surface area (Å²) in [5.41, 5.74) is 14.7. The molecule has 0 bridgehead atoms. The number of oxazole rings is 1. The number of hydrogen-bond acceptors (Lipinski definition) is 9. The lowest BCUT2D eigenvalue weighted by atomic mass is 9.88. The molecule has 13 nitrogen and oxygen atoms in total. The highest BCUT2D eigenvalue weighted by Crippen LogP contribution is 2.29. The van der Waals surface area contributed by atoms with Gasteiger partial charge in [-0.15, -0.1) is 0 Å². The van der Waals surface area contributed by atoms with Crippen LogP contribution < -0.4 is 16.2 Å². The molecule has 0 saturated carbocycles. The van der Waals surface area contributed by atoms with Crippen molar-refractivity contribution in [1.29, 1.82) is 0 Å². The van der Waals surface area contributed by atoms with Gasteiger partial charge in [-0.05, 0) is 71.6 Å². The van der Waals surface area contributed by atoms with E-state index in [1.54, 1.807) is 79.7 Å². The zero-order valence-electron chi connectivity index (χ0n) is 30.1. The number of guanidine groups is 1. The number of Topliss-reactive ketones (excluding diaryl/α,β-unsaturated/α-hetero) is 2. The van der Waals surface area contributed by atoms with Gasteiger partial charge in [-0.3, -0.25) is 14.4 Å². The molecule has 1 aliphatic heterocycles. The second kappa shape index (κ2) is 17.4. The van der Waals surface area contributed by atoms with Crippen LogP contribution in [0.4, 0.5) is 5.69 Å². The number of sulfonamides is 1. The first-order valence-corrected chi connectivity index (χ1v) is 19.6.